The highest BCUT2D eigenvalue weighted by Gasteiger charge is 2.36. The van der Waals surface area contributed by atoms with Gasteiger partial charge < -0.3 is 14.8 Å². The van der Waals surface area contributed by atoms with Crippen LogP contribution in [-0.4, -0.2) is 29.2 Å². The lowest BCUT2D eigenvalue weighted by molar-refractivity contribution is -0.138. The van der Waals surface area contributed by atoms with Crippen molar-refractivity contribution in [2.45, 2.75) is 13.0 Å². The lowest BCUT2D eigenvalue weighted by Crippen LogP contribution is -2.29. The molecule has 2 aromatic carbocycles. The van der Waals surface area contributed by atoms with Crippen LogP contribution in [0, 0.1) is 0 Å². The summed E-state index contributed by atoms with van der Waals surface area (Å²) < 4.78 is 13.0. The molecule has 0 spiro atoms. The fourth-order valence-electron chi connectivity index (χ4n) is 3.63. The highest BCUT2D eigenvalue weighted by Crippen LogP contribution is 2.42. The maximum absolute atomic E-state index is 13.0. The predicted octanol–water partition coefficient (Wildman–Crippen LogP) is 4.06. The monoisotopic (exact) mass is 375 g/mol. The number of hydrogen-bond acceptors (Lipinski definition) is 5. The molecule has 0 radical (unpaired) electrons. The van der Waals surface area contributed by atoms with Crippen molar-refractivity contribution in [3.05, 3.63) is 78.0 Å². The van der Waals surface area contributed by atoms with Gasteiger partial charge in [-0.3, -0.25) is 4.57 Å². The van der Waals surface area contributed by atoms with Crippen LogP contribution < -0.4 is 10.1 Å². The molecule has 0 aliphatic carbocycles. The third-order valence-corrected chi connectivity index (χ3v) is 4.82. The van der Waals surface area contributed by atoms with Crippen molar-refractivity contribution in [1.29, 1.82) is 0 Å². The first kappa shape index (κ1) is 17.9. The van der Waals surface area contributed by atoms with Gasteiger partial charge in [0.2, 0.25) is 5.95 Å². The Morgan fingerprint density at radius 1 is 1.25 bits per heavy atom. The molecule has 0 saturated carbocycles. The van der Waals surface area contributed by atoms with Gasteiger partial charge in [-0.15, -0.1) is 0 Å². The standard InChI is InChI=1S/C22H21N3O3/c1-4-13-28-21(26)19-14(2)23-22-24-16-10-6-7-11-17(16)25(22)20(19)15-9-5-8-12-18(15)27-3/h4-12,20H,1,13H2,2-3H3,(H,23,24). The second-order valence-corrected chi connectivity index (χ2v) is 6.49. The van der Waals surface area contributed by atoms with Crippen molar-refractivity contribution < 1.29 is 14.3 Å². The van der Waals surface area contributed by atoms with Crippen LogP contribution in [0.2, 0.25) is 0 Å². The molecule has 6 heteroatoms. The van der Waals surface area contributed by atoms with Gasteiger partial charge in [0.05, 0.1) is 29.8 Å². The van der Waals surface area contributed by atoms with Crippen LogP contribution in [0.1, 0.15) is 18.5 Å². The van der Waals surface area contributed by atoms with Crippen LogP contribution in [0.5, 0.6) is 5.75 Å². The van der Waals surface area contributed by atoms with Crippen molar-refractivity contribution in [2.24, 2.45) is 0 Å². The summed E-state index contributed by atoms with van der Waals surface area (Å²) in [6.07, 6.45) is 1.56. The van der Waals surface area contributed by atoms with Gasteiger partial charge in [-0.25, -0.2) is 9.78 Å². The highest BCUT2D eigenvalue weighted by molar-refractivity contribution is 5.94. The maximum atomic E-state index is 13.0. The molecule has 0 fully saturated rings. The Morgan fingerprint density at radius 2 is 2.00 bits per heavy atom. The molecule has 0 bridgehead atoms. The molecule has 142 valence electrons. The van der Waals surface area contributed by atoms with Gasteiger partial charge in [-0.1, -0.05) is 43.0 Å². The molecule has 0 amide bonds. The van der Waals surface area contributed by atoms with Gasteiger partial charge in [0.1, 0.15) is 12.4 Å². The van der Waals surface area contributed by atoms with Gasteiger partial charge >= 0.3 is 5.97 Å². The molecular weight excluding hydrogens is 354 g/mol. The molecule has 0 saturated heterocycles. The van der Waals surface area contributed by atoms with Gasteiger partial charge in [0.25, 0.3) is 0 Å². The Hall–Kier alpha value is -3.54. The predicted molar refractivity (Wildman–Crippen MR) is 108 cm³/mol. The van der Waals surface area contributed by atoms with Crippen LogP contribution in [0.3, 0.4) is 0 Å². The number of hydrogen-bond donors (Lipinski definition) is 1. The summed E-state index contributed by atoms with van der Waals surface area (Å²) >= 11 is 0. The van der Waals surface area contributed by atoms with Crippen molar-refractivity contribution in [3.8, 4) is 5.75 Å². The Bertz CT molecular complexity index is 1100. The van der Waals surface area contributed by atoms with Gasteiger partial charge in [-0.05, 0) is 25.1 Å². The number of carbonyl (C=O) groups is 1. The molecule has 3 aromatic rings. The zero-order valence-corrected chi connectivity index (χ0v) is 15.8. The molecule has 4 rings (SSSR count). The van der Waals surface area contributed by atoms with E-state index in [1.165, 1.54) is 0 Å². The van der Waals surface area contributed by atoms with Crippen molar-refractivity contribution >= 4 is 23.0 Å². The number of allylic oxidation sites excluding steroid dienone is 1. The number of anilines is 1. The van der Waals surface area contributed by atoms with Crippen molar-refractivity contribution in [3.63, 3.8) is 0 Å². The summed E-state index contributed by atoms with van der Waals surface area (Å²) in [5.74, 6) is 0.971. The molecule has 28 heavy (non-hydrogen) atoms. The van der Waals surface area contributed by atoms with Gasteiger partial charge in [0, 0.05) is 11.3 Å². The number of nitrogens with zero attached hydrogens (tertiary/aromatic N) is 2. The Labute approximate surface area is 163 Å². The first-order valence-corrected chi connectivity index (χ1v) is 9.01. The van der Waals surface area contributed by atoms with Gasteiger partial charge in [-0.2, -0.15) is 0 Å². The Morgan fingerprint density at radius 3 is 2.79 bits per heavy atom. The normalized spacial score (nSPS) is 15.7. The third kappa shape index (κ3) is 2.83. The quantitative estimate of drug-likeness (QED) is 0.538. The number of nitrogens with one attached hydrogen (secondary N) is 1. The number of aromatic nitrogens is 2. The molecule has 2 heterocycles. The van der Waals surface area contributed by atoms with E-state index in [1.807, 2.05) is 60.0 Å². The molecule has 1 aliphatic heterocycles. The second kappa shape index (κ2) is 7.23. The molecule has 1 atom stereocenters. The lowest BCUT2D eigenvalue weighted by atomic mass is 9.94. The summed E-state index contributed by atoms with van der Waals surface area (Å²) in [6, 6.07) is 15.1. The topological polar surface area (TPSA) is 65.4 Å². The summed E-state index contributed by atoms with van der Waals surface area (Å²) in [7, 11) is 1.62. The zero-order valence-electron chi connectivity index (χ0n) is 15.8. The minimum absolute atomic E-state index is 0.145. The van der Waals surface area contributed by atoms with E-state index in [0.717, 1.165) is 16.6 Å². The minimum atomic E-state index is -0.433. The summed E-state index contributed by atoms with van der Waals surface area (Å²) in [4.78, 5) is 17.7. The summed E-state index contributed by atoms with van der Waals surface area (Å²) in [5.41, 5.74) is 3.84. The molecular formula is C22H21N3O3. The highest BCUT2D eigenvalue weighted by atomic mass is 16.5. The van der Waals surface area contributed by atoms with E-state index in [9.17, 15) is 4.79 Å². The van der Waals surface area contributed by atoms with E-state index >= 15 is 0 Å². The largest absolute Gasteiger partial charge is 0.496 e. The maximum Gasteiger partial charge on any atom is 0.338 e. The van der Waals surface area contributed by atoms with E-state index in [4.69, 9.17) is 14.5 Å². The smallest absolute Gasteiger partial charge is 0.338 e. The average Bonchev–Trinajstić information content (AvgIpc) is 3.08. The third-order valence-electron chi connectivity index (χ3n) is 4.82. The number of carbonyl (C=O) groups excluding carboxylic acids is 1. The fourth-order valence-corrected chi connectivity index (χ4v) is 3.63. The van der Waals surface area contributed by atoms with Gasteiger partial charge in [0.15, 0.2) is 0 Å². The molecule has 1 aromatic heterocycles. The zero-order chi connectivity index (χ0) is 19.7. The Balaban J connectivity index is 1.98. The summed E-state index contributed by atoms with van der Waals surface area (Å²) in [5, 5.41) is 3.26. The number of fused-ring (bicyclic) bond motifs is 3. The fraction of sp³-hybridized carbons (Fsp3) is 0.182. The lowest BCUT2D eigenvalue weighted by Gasteiger charge is -2.30. The number of para-hydroxylation sites is 3. The van der Waals surface area contributed by atoms with Crippen molar-refractivity contribution in [2.75, 3.05) is 19.0 Å². The Kier molecular flexibility index (Phi) is 4.61. The number of methoxy groups -OCH3 is 1. The first-order chi connectivity index (χ1) is 13.7. The van der Waals surface area contributed by atoms with E-state index in [0.29, 0.717) is 23.0 Å². The van der Waals surface area contributed by atoms with E-state index in [-0.39, 0.29) is 6.61 Å². The summed E-state index contributed by atoms with van der Waals surface area (Å²) in [6.45, 7) is 5.63. The minimum Gasteiger partial charge on any atom is -0.496 e. The number of rotatable bonds is 5. The van der Waals surface area contributed by atoms with E-state index < -0.39 is 12.0 Å². The van der Waals surface area contributed by atoms with Crippen LogP contribution in [0.25, 0.3) is 11.0 Å². The molecule has 1 aliphatic rings. The van der Waals surface area contributed by atoms with Crippen LogP contribution in [-0.2, 0) is 9.53 Å². The van der Waals surface area contributed by atoms with Crippen LogP contribution in [0.15, 0.2) is 72.5 Å². The SMILES string of the molecule is C=CCOC(=O)C1=C(C)Nc2nc3ccccc3n2C1c1ccccc1OC. The average molecular weight is 375 g/mol. The number of imidazole rings is 1. The van der Waals surface area contributed by atoms with E-state index in [2.05, 4.69) is 11.9 Å². The van der Waals surface area contributed by atoms with Crippen LogP contribution >= 0.6 is 0 Å². The molecule has 1 N–H and O–H groups in total. The number of esters is 1. The number of benzene rings is 2. The van der Waals surface area contributed by atoms with Crippen LogP contribution in [0.4, 0.5) is 5.95 Å². The second-order valence-electron chi connectivity index (χ2n) is 6.49. The van der Waals surface area contributed by atoms with E-state index in [1.54, 1.807) is 13.2 Å². The molecule has 6 nitrogen and oxygen atoms in total. The van der Waals surface area contributed by atoms with Crippen molar-refractivity contribution in [1.82, 2.24) is 9.55 Å². The first-order valence-electron chi connectivity index (χ1n) is 9.01. The number of ether oxygens (including phenoxy) is 2. The molecule has 1 unspecified atom stereocenters.